The van der Waals surface area contributed by atoms with Gasteiger partial charge in [0.1, 0.15) is 0 Å². The van der Waals surface area contributed by atoms with Crippen molar-refractivity contribution in [3.05, 3.63) is 50.7 Å². The van der Waals surface area contributed by atoms with Crippen molar-refractivity contribution in [1.29, 1.82) is 0 Å². The van der Waals surface area contributed by atoms with Gasteiger partial charge in [-0.2, -0.15) is 0 Å². The fourth-order valence-corrected chi connectivity index (χ4v) is 4.53. The minimum Gasteiger partial charge on any atom is -0.399 e. The summed E-state index contributed by atoms with van der Waals surface area (Å²) in [4.78, 5) is 17.0. The zero-order chi connectivity index (χ0) is 14.4. The number of nitrogens with two attached hydrogens (primary N) is 1. The molecule has 1 aromatic carbocycles. The summed E-state index contributed by atoms with van der Waals surface area (Å²) < 4.78 is 0. The Kier molecular flexibility index (Phi) is 3.00. The van der Waals surface area contributed by atoms with E-state index in [1.165, 1.54) is 34.4 Å². The molecular formula is C17H18N2OS. The van der Waals surface area contributed by atoms with Gasteiger partial charge in [-0.1, -0.05) is 6.07 Å². The number of aryl methyl sites for hydroxylation is 2. The topological polar surface area (TPSA) is 46.3 Å². The van der Waals surface area contributed by atoms with Crippen LogP contribution in [0.4, 0.5) is 5.69 Å². The monoisotopic (exact) mass is 298 g/mol. The number of carbonyl (C=O) groups excluding carboxylic acids is 1. The summed E-state index contributed by atoms with van der Waals surface area (Å²) in [5, 5.41) is 0. The van der Waals surface area contributed by atoms with Gasteiger partial charge in [0.15, 0.2) is 0 Å². The summed E-state index contributed by atoms with van der Waals surface area (Å²) >= 11 is 1.70. The van der Waals surface area contributed by atoms with Crippen LogP contribution >= 0.6 is 11.3 Å². The second kappa shape index (κ2) is 4.88. The highest BCUT2D eigenvalue weighted by atomic mass is 32.1. The number of hydrogen-bond acceptors (Lipinski definition) is 3. The molecule has 3 nitrogen and oxygen atoms in total. The smallest absolute Gasteiger partial charge is 0.264 e. The molecule has 2 heterocycles. The molecule has 1 aromatic heterocycles. The average Bonchev–Trinajstić information content (AvgIpc) is 3.09. The van der Waals surface area contributed by atoms with Gasteiger partial charge in [-0.05, 0) is 60.6 Å². The molecule has 2 aromatic rings. The van der Waals surface area contributed by atoms with Crippen LogP contribution in [0.15, 0.2) is 24.3 Å². The van der Waals surface area contributed by atoms with Gasteiger partial charge in [0.05, 0.1) is 4.88 Å². The minimum atomic E-state index is 0.171. The normalized spacial score (nSPS) is 16.7. The van der Waals surface area contributed by atoms with Gasteiger partial charge in [0.25, 0.3) is 5.91 Å². The molecule has 21 heavy (non-hydrogen) atoms. The summed E-state index contributed by atoms with van der Waals surface area (Å²) in [5.41, 5.74) is 10.4. The molecule has 0 fully saturated rings. The lowest BCUT2D eigenvalue weighted by Crippen LogP contribution is -2.24. The third-order valence-electron chi connectivity index (χ3n) is 4.45. The maximum absolute atomic E-state index is 12.7. The van der Waals surface area contributed by atoms with Crippen LogP contribution in [0.5, 0.6) is 0 Å². The van der Waals surface area contributed by atoms with Crippen molar-refractivity contribution in [2.24, 2.45) is 0 Å². The molecule has 1 aliphatic heterocycles. The highest BCUT2D eigenvalue weighted by Gasteiger charge is 2.26. The van der Waals surface area contributed by atoms with Crippen LogP contribution in [-0.4, -0.2) is 10.8 Å². The van der Waals surface area contributed by atoms with Gasteiger partial charge in [0.2, 0.25) is 0 Å². The molecule has 1 amide bonds. The third-order valence-corrected chi connectivity index (χ3v) is 5.67. The van der Waals surface area contributed by atoms with E-state index in [-0.39, 0.29) is 5.91 Å². The molecule has 0 atom stereocenters. The SMILES string of the molecule is Nc1ccc2c(c1)CN(C(=O)c1cc3c(s1)CCCC3)C2. The summed E-state index contributed by atoms with van der Waals surface area (Å²) in [6, 6.07) is 8.06. The van der Waals surface area contributed by atoms with Gasteiger partial charge in [-0.3, -0.25) is 4.79 Å². The van der Waals surface area contributed by atoms with E-state index < -0.39 is 0 Å². The van der Waals surface area contributed by atoms with Crippen molar-refractivity contribution in [2.75, 3.05) is 5.73 Å². The number of rotatable bonds is 1. The van der Waals surface area contributed by atoms with E-state index in [2.05, 4.69) is 6.07 Å². The number of nitrogen functional groups attached to an aromatic ring is 1. The zero-order valence-electron chi connectivity index (χ0n) is 11.9. The van der Waals surface area contributed by atoms with Crippen LogP contribution in [0.1, 0.15) is 44.1 Å². The number of carbonyl (C=O) groups is 1. The molecular weight excluding hydrogens is 280 g/mol. The van der Waals surface area contributed by atoms with Gasteiger partial charge >= 0.3 is 0 Å². The first-order valence-corrected chi connectivity index (χ1v) is 8.30. The zero-order valence-corrected chi connectivity index (χ0v) is 12.7. The van der Waals surface area contributed by atoms with Crippen LogP contribution < -0.4 is 5.73 Å². The summed E-state index contributed by atoms with van der Waals surface area (Å²) in [6.07, 6.45) is 4.79. The van der Waals surface area contributed by atoms with Crippen molar-refractivity contribution < 1.29 is 4.79 Å². The number of thiophene rings is 1. The predicted octanol–water partition coefficient (Wildman–Crippen LogP) is 3.37. The maximum atomic E-state index is 12.7. The molecule has 108 valence electrons. The Hall–Kier alpha value is -1.81. The van der Waals surface area contributed by atoms with E-state index in [4.69, 9.17) is 5.73 Å². The molecule has 0 saturated heterocycles. The van der Waals surface area contributed by atoms with Crippen molar-refractivity contribution in [1.82, 2.24) is 4.90 Å². The van der Waals surface area contributed by atoms with Crippen molar-refractivity contribution in [3.63, 3.8) is 0 Å². The molecule has 4 rings (SSSR count). The number of nitrogens with zero attached hydrogens (tertiary/aromatic N) is 1. The molecule has 0 radical (unpaired) electrons. The number of benzene rings is 1. The van der Waals surface area contributed by atoms with Gasteiger partial charge < -0.3 is 10.6 Å². The number of hydrogen-bond donors (Lipinski definition) is 1. The van der Waals surface area contributed by atoms with Crippen LogP contribution in [0.3, 0.4) is 0 Å². The minimum absolute atomic E-state index is 0.171. The lowest BCUT2D eigenvalue weighted by molar-refractivity contribution is 0.0756. The molecule has 0 bridgehead atoms. The standard InChI is InChI=1S/C17H18N2OS/c18-14-6-5-12-9-19(10-13(12)7-14)17(20)16-8-11-3-1-2-4-15(11)21-16/h5-8H,1-4,9-10,18H2. The van der Waals surface area contributed by atoms with E-state index in [1.807, 2.05) is 23.1 Å². The number of amides is 1. The number of anilines is 1. The second-order valence-corrected chi connectivity index (χ2v) is 7.09. The Morgan fingerprint density at radius 1 is 1.05 bits per heavy atom. The predicted molar refractivity (Wildman–Crippen MR) is 85.4 cm³/mol. The van der Waals surface area contributed by atoms with Crippen LogP contribution in [0.25, 0.3) is 0 Å². The quantitative estimate of drug-likeness (QED) is 0.821. The largest absolute Gasteiger partial charge is 0.399 e. The highest BCUT2D eigenvalue weighted by Crippen LogP contribution is 2.32. The van der Waals surface area contributed by atoms with Gasteiger partial charge in [-0.15, -0.1) is 11.3 Å². The van der Waals surface area contributed by atoms with Crippen molar-refractivity contribution in [3.8, 4) is 0 Å². The van der Waals surface area contributed by atoms with Crippen molar-refractivity contribution >= 4 is 22.9 Å². The fourth-order valence-electron chi connectivity index (χ4n) is 3.31. The average molecular weight is 298 g/mol. The first-order valence-electron chi connectivity index (χ1n) is 7.49. The molecule has 0 spiro atoms. The van der Waals surface area contributed by atoms with Crippen LogP contribution in [0.2, 0.25) is 0 Å². The Labute approximate surface area is 128 Å². The van der Waals surface area contributed by atoms with E-state index in [0.717, 1.165) is 23.4 Å². The fraction of sp³-hybridized carbons (Fsp3) is 0.353. The van der Waals surface area contributed by atoms with Crippen molar-refractivity contribution in [2.45, 2.75) is 38.8 Å². The summed E-state index contributed by atoms with van der Waals surface area (Å²) in [5.74, 6) is 0.171. The lowest BCUT2D eigenvalue weighted by atomic mass is 9.99. The van der Waals surface area contributed by atoms with E-state index in [0.29, 0.717) is 13.1 Å². The van der Waals surface area contributed by atoms with Gasteiger partial charge in [0, 0.05) is 23.7 Å². The van der Waals surface area contributed by atoms with E-state index >= 15 is 0 Å². The molecule has 1 aliphatic carbocycles. The Morgan fingerprint density at radius 3 is 2.71 bits per heavy atom. The summed E-state index contributed by atoms with van der Waals surface area (Å²) in [7, 11) is 0. The second-order valence-electron chi connectivity index (χ2n) is 5.96. The molecule has 2 aliphatic rings. The Balaban J connectivity index is 1.58. The first kappa shape index (κ1) is 12.9. The highest BCUT2D eigenvalue weighted by molar-refractivity contribution is 7.14. The first-order chi connectivity index (χ1) is 10.2. The molecule has 4 heteroatoms. The maximum Gasteiger partial charge on any atom is 0.264 e. The lowest BCUT2D eigenvalue weighted by Gasteiger charge is -2.13. The van der Waals surface area contributed by atoms with Crippen LogP contribution in [0, 0.1) is 0 Å². The third kappa shape index (κ3) is 2.23. The van der Waals surface area contributed by atoms with E-state index in [9.17, 15) is 4.79 Å². The number of fused-ring (bicyclic) bond motifs is 2. The molecule has 0 unspecified atom stereocenters. The molecule has 0 saturated carbocycles. The Bertz CT molecular complexity index is 696. The van der Waals surface area contributed by atoms with Gasteiger partial charge in [-0.25, -0.2) is 0 Å². The Morgan fingerprint density at radius 2 is 1.86 bits per heavy atom. The molecule has 2 N–H and O–H groups in total. The summed E-state index contributed by atoms with van der Waals surface area (Å²) in [6.45, 7) is 1.39. The van der Waals surface area contributed by atoms with Crippen LogP contribution in [-0.2, 0) is 25.9 Å². The van der Waals surface area contributed by atoms with E-state index in [1.54, 1.807) is 11.3 Å².